The number of carbonyl (C=O) groups excluding carboxylic acids is 2. The van der Waals surface area contributed by atoms with Crippen LogP contribution in [0.2, 0.25) is 0 Å². The second-order valence-corrected chi connectivity index (χ2v) is 12.4. The molecular weight excluding hydrogens is 548 g/mol. The fourth-order valence-corrected chi connectivity index (χ4v) is 2.40. The van der Waals surface area contributed by atoms with E-state index in [-0.39, 0.29) is 17.4 Å². The summed E-state index contributed by atoms with van der Waals surface area (Å²) in [6.45, 7) is 18.3. The number of methoxy groups -OCH3 is 1. The molecule has 13 heteroatoms. The molecule has 0 heterocycles. The van der Waals surface area contributed by atoms with Gasteiger partial charge in [-0.2, -0.15) is 0 Å². The molecule has 0 aliphatic carbocycles. The summed E-state index contributed by atoms with van der Waals surface area (Å²) in [5, 5.41) is 0. The van der Waals surface area contributed by atoms with Crippen molar-refractivity contribution in [3.8, 4) is 0 Å². The van der Waals surface area contributed by atoms with E-state index in [9.17, 15) is 30.6 Å². The average molecular weight is 603 g/mol. The van der Waals surface area contributed by atoms with Crippen LogP contribution in [0.15, 0.2) is 0 Å². The van der Waals surface area contributed by atoms with Crippen LogP contribution in [-0.4, -0.2) is 83.8 Å². The Labute approximate surface area is 233 Å². The van der Waals surface area contributed by atoms with Gasteiger partial charge in [-0.3, -0.25) is 9.59 Å². The molecule has 0 unspecified atom stereocenters. The van der Waals surface area contributed by atoms with E-state index in [4.69, 9.17) is 18.9 Å². The molecule has 7 nitrogen and oxygen atoms in total. The van der Waals surface area contributed by atoms with Gasteiger partial charge in [-0.05, 0) is 53.4 Å². The number of hydrogen-bond acceptors (Lipinski definition) is 6. The third kappa shape index (κ3) is 31.3. The van der Waals surface area contributed by atoms with E-state index in [1.54, 1.807) is 7.11 Å². The van der Waals surface area contributed by atoms with Gasteiger partial charge in [-0.15, -0.1) is 0 Å². The van der Waals surface area contributed by atoms with E-state index in [1.165, 1.54) is 19.3 Å². The van der Waals surface area contributed by atoms with Crippen LogP contribution in [0, 0.1) is 10.8 Å². The Balaban J connectivity index is -0.000000556. The normalized spacial score (nSPS) is 13.2. The second-order valence-electron chi connectivity index (χ2n) is 11.1. The van der Waals surface area contributed by atoms with Crippen LogP contribution in [0.5, 0.6) is 0 Å². The van der Waals surface area contributed by atoms with E-state index >= 15 is 0 Å². The van der Waals surface area contributed by atoms with Crippen molar-refractivity contribution in [2.24, 2.45) is 10.8 Å². The summed E-state index contributed by atoms with van der Waals surface area (Å²) >= 11 is 0. The van der Waals surface area contributed by atoms with E-state index in [0.717, 1.165) is 30.4 Å². The fraction of sp³-hybridized carbons (Fsp3) is 0.923. The van der Waals surface area contributed by atoms with E-state index < -0.39 is 13.6 Å². The number of likely N-dealkylation sites (N-methyl/N-ethyl adjacent to an activating group) is 1. The van der Waals surface area contributed by atoms with E-state index in [2.05, 4.69) is 21.0 Å². The first-order chi connectivity index (χ1) is 17.5. The summed E-state index contributed by atoms with van der Waals surface area (Å²) in [7, 11) is -2.53. The van der Waals surface area contributed by atoms with E-state index in [0.29, 0.717) is 33.0 Å². The van der Waals surface area contributed by atoms with Crippen LogP contribution in [0.4, 0.5) is 21.0 Å². The molecule has 0 N–H and O–H groups in total. The van der Waals surface area contributed by atoms with Crippen molar-refractivity contribution in [1.82, 2.24) is 0 Å². The summed E-state index contributed by atoms with van der Waals surface area (Å²) in [4.78, 5) is 23.3. The molecule has 0 saturated carbocycles. The minimum atomic E-state index is -8.55. The molecule has 0 spiro atoms. The molecule has 0 aromatic carbocycles. The van der Waals surface area contributed by atoms with Crippen molar-refractivity contribution in [2.45, 2.75) is 80.6 Å². The zero-order chi connectivity index (χ0) is 31.4. The minimum absolute atomic E-state index is 0.0708. The SMILES string of the molecule is CCC(C)(C)C(=O)OCCOCCOC.CCCCC[N+](C)(C)CCOC(=O)C(C)(C)CC.FP(F)(F)(F)F. The van der Waals surface area contributed by atoms with Crippen molar-refractivity contribution < 1.29 is 54.0 Å². The molecule has 0 saturated heterocycles. The van der Waals surface area contributed by atoms with Crippen molar-refractivity contribution >= 4 is 20.1 Å². The van der Waals surface area contributed by atoms with Crippen molar-refractivity contribution in [1.29, 1.82) is 0 Å². The average Bonchev–Trinajstić information content (AvgIpc) is 2.79. The van der Waals surface area contributed by atoms with Crippen LogP contribution in [-0.2, 0) is 28.5 Å². The quantitative estimate of drug-likeness (QED) is 0.0556. The van der Waals surface area contributed by atoms with E-state index in [1.807, 2.05) is 41.5 Å². The summed E-state index contributed by atoms with van der Waals surface area (Å²) in [6.07, 6.45) is 5.37. The maximum absolute atomic E-state index is 11.8. The first-order valence-electron chi connectivity index (χ1n) is 13.4. The molecule has 0 atom stereocenters. The van der Waals surface area contributed by atoms with Crippen LogP contribution >= 0.6 is 8.16 Å². The standard InChI is InChI=1S/C15H32NO2.C11H22O4.F5P/c1-7-9-10-11-16(5,6)12-13-18-14(17)15(3,4)8-2;1-5-11(2,3)10(12)15-9-8-14-7-6-13-4;1-6(2,3,4)5/h7-13H2,1-6H3;5-9H2,1-4H3;/q+1;;. The summed E-state index contributed by atoms with van der Waals surface area (Å²) in [6, 6.07) is 0. The molecule has 0 aromatic heterocycles. The Morgan fingerprint density at radius 2 is 1.10 bits per heavy atom. The Morgan fingerprint density at radius 1 is 0.692 bits per heavy atom. The van der Waals surface area contributed by atoms with Gasteiger partial charge in [-0.1, -0.05) is 27.2 Å². The fourth-order valence-electron chi connectivity index (χ4n) is 2.40. The third-order valence-corrected chi connectivity index (χ3v) is 6.06. The number of unbranched alkanes of at least 4 members (excludes halogenated alkanes) is 2. The Kier molecular flexibility index (Phi) is 21.6. The monoisotopic (exact) mass is 602 g/mol. The second kappa shape index (κ2) is 19.9. The Bertz CT molecular complexity index is 654. The zero-order valence-electron chi connectivity index (χ0n) is 25.7. The number of quaternary nitrogens is 1. The van der Waals surface area contributed by atoms with Crippen LogP contribution in [0.25, 0.3) is 0 Å². The maximum atomic E-state index is 11.8. The molecule has 0 fully saturated rings. The van der Waals surface area contributed by atoms with Crippen molar-refractivity contribution in [2.75, 3.05) is 67.3 Å². The number of halogens is 5. The zero-order valence-corrected chi connectivity index (χ0v) is 26.6. The van der Waals surface area contributed by atoms with Gasteiger partial charge >= 0.3 is 41.1 Å². The molecule has 0 amide bonds. The first-order valence-corrected chi connectivity index (χ1v) is 15.1. The van der Waals surface area contributed by atoms with Gasteiger partial charge in [0.1, 0.15) is 19.8 Å². The van der Waals surface area contributed by atoms with Gasteiger partial charge in [0.25, 0.3) is 0 Å². The number of esters is 2. The molecule has 0 aliphatic rings. The summed E-state index contributed by atoms with van der Waals surface area (Å²) < 4.78 is 70.6. The first kappa shape index (κ1) is 42.4. The number of hydrogen-bond donors (Lipinski definition) is 0. The number of nitrogens with zero attached hydrogens (tertiary/aromatic N) is 1. The topological polar surface area (TPSA) is 71.1 Å². The number of ether oxygens (including phenoxy) is 4. The van der Waals surface area contributed by atoms with Crippen LogP contribution in [0.1, 0.15) is 80.6 Å². The van der Waals surface area contributed by atoms with Crippen molar-refractivity contribution in [3.05, 3.63) is 0 Å². The molecule has 0 aromatic rings. The number of rotatable bonds is 17. The predicted molar refractivity (Wildman–Crippen MR) is 147 cm³/mol. The summed E-state index contributed by atoms with van der Waals surface area (Å²) in [5.41, 5.74) is -0.744. The van der Waals surface area contributed by atoms with Gasteiger partial charge in [-0.25, -0.2) is 0 Å². The third-order valence-electron chi connectivity index (χ3n) is 6.06. The Morgan fingerprint density at radius 3 is 1.49 bits per heavy atom. The van der Waals surface area contributed by atoms with Crippen molar-refractivity contribution in [3.63, 3.8) is 0 Å². The molecule has 0 radical (unpaired) electrons. The number of carbonyl (C=O) groups is 2. The predicted octanol–water partition coefficient (Wildman–Crippen LogP) is 7.82. The van der Waals surface area contributed by atoms with Gasteiger partial charge in [0.15, 0.2) is 0 Å². The van der Waals surface area contributed by atoms with Crippen LogP contribution < -0.4 is 0 Å². The molecule has 39 heavy (non-hydrogen) atoms. The molecule has 0 rings (SSSR count). The van der Waals surface area contributed by atoms with Gasteiger partial charge < -0.3 is 23.4 Å². The molecular formula is C26H54F5NO6P+. The van der Waals surface area contributed by atoms with Crippen LogP contribution in [0.3, 0.4) is 0 Å². The Hall–Kier alpha value is -1.10. The summed E-state index contributed by atoms with van der Waals surface area (Å²) in [5.74, 6) is -0.237. The molecule has 0 bridgehead atoms. The van der Waals surface area contributed by atoms with Gasteiger partial charge in [0.2, 0.25) is 0 Å². The van der Waals surface area contributed by atoms with Gasteiger partial charge in [0.05, 0.1) is 51.3 Å². The molecule has 238 valence electrons. The van der Waals surface area contributed by atoms with Gasteiger partial charge in [0, 0.05) is 7.11 Å². The molecule has 0 aliphatic heterocycles.